The Bertz CT molecular complexity index is 232. The number of likely N-dealkylation sites (N-methyl/N-ethyl adjacent to an activating group) is 1. The highest BCUT2D eigenvalue weighted by Gasteiger charge is 2.22. The summed E-state index contributed by atoms with van der Waals surface area (Å²) in [7, 11) is 0. The highest BCUT2D eigenvalue weighted by molar-refractivity contribution is 5.87. The molecule has 1 rings (SSSR count). The SMILES string of the molecule is CCN(CC)C(=O)CNC(=O)[C@@H]1CCCN1. The fourth-order valence-corrected chi connectivity index (χ4v) is 1.88. The minimum Gasteiger partial charge on any atom is -0.346 e. The molecule has 1 heterocycles. The summed E-state index contributed by atoms with van der Waals surface area (Å²) >= 11 is 0. The maximum atomic E-state index is 11.6. The van der Waals surface area contributed by atoms with Gasteiger partial charge in [-0.05, 0) is 33.2 Å². The van der Waals surface area contributed by atoms with Crippen LogP contribution in [-0.4, -0.2) is 48.9 Å². The lowest BCUT2D eigenvalue weighted by Gasteiger charge is -2.19. The Morgan fingerprint density at radius 1 is 1.38 bits per heavy atom. The van der Waals surface area contributed by atoms with Crippen molar-refractivity contribution in [3.63, 3.8) is 0 Å². The fraction of sp³-hybridized carbons (Fsp3) is 0.818. The van der Waals surface area contributed by atoms with Gasteiger partial charge in [-0.1, -0.05) is 0 Å². The van der Waals surface area contributed by atoms with Gasteiger partial charge in [-0.2, -0.15) is 0 Å². The van der Waals surface area contributed by atoms with Crippen LogP contribution in [0.5, 0.6) is 0 Å². The lowest BCUT2D eigenvalue weighted by Crippen LogP contribution is -2.45. The number of hydrogen-bond acceptors (Lipinski definition) is 3. The molecule has 5 nitrogen and oxygen atoms in total. The topological polar surface area (TPSA) is 61.4 Å². The third-order valence-electron chi connectivity index (χ3n) is 2.91. The molecule has 92 valence electrons. The number of nitrogens with one attached hydrogen (secondary N) is 2. The molecular weight excluding hydrogens is 206 g/mol. The number of hydrogen-bond donors (Lipinski definition) is 2. The first-order valence-electron chi connectivity index (χ1n) is 5.97. The lowest BCUT2D eigenvalue weighted by atomic mass is 10.2. The Kier molecular flexibility index (Phi) is 5.25. The summed E-state index contributed by atoms with van der Waals surface area (Å²) in [5.74, 6) is -0.0747. The minimum atomic E-state index is -0.107. The van der Waals surface area contributed by atoms with E-state index in [9.17, 15) is 9.59 Å². The molecule has 2 N–H and O–H groups in total. The molecule has 0 aromatic carbocycles. The zero-order valence-corrected chi connectivity index (χ0v) is 10.1. The quantitative estimate of drug-likeness (QED) is 0.679. The predicted molar refractivity (Wildman–Crippen MR) is 62.0 cm³/mol. The molecule has 1 saturated heterocycles. The Balaban J connectivity index is 2.27. The van der Waals surface area contributed by atoms with Crippen LogP contribution in [-0.2, 0) is 9.59 Å². The first-order valence-corrected chi connectivity index (χ1v) is 5.97. The first-order chi connectivity index (χ1) is 7.69. The molecule has 0 spiro atoms. The van der Waals surface area contributed by atoms with Gasteiger partial charge in [0.2, 0.25) is 11.8 Å². The molecule has 0 aromatic heterocycles. The molecule has 1 fully saturated rings. The van der Waals surface area contributed by atoms with Gasteiger partial charge in [0, 0.05) is 13.1 Å². The second-order valence-corrected chi connectivity index (χ2v) is 3.93. The molecule has 16 heavy (non-hydrogen) atoms. The van der Waals surface area contributed by atoms with Crippen LogP contribution in [0.4, 0.5) is 0 Å². The Hall–Kier alpha value is -1.10. The van der Waals surface area contributed by atoms with Crippen molar-refractivity contribution < 1.29 is 9.59 Å². The van der Waals surface area contributed by atoms with Crippen LogP contribution in [0.3, 0.4) is 0 Å². The van der Waals surface area contributed by atoms with Gasteiger partial charge in [0.15, 0.2) is 0 Å². The van der Waals surface area contributed by atoms with E-state index < -0.39 is 0 Å². The number of amides is 2. The minimum absolute atomic E-state index is 0.0173. The van der Waals surface area contributed by atoms with Gasteiger partial charge in [0.1, 0.15) is 0 Å². The monoisotopic (exact) mass is 227 g/mol. The second kappa shape index (κ2) is 6.48. The first kappa shape index (κ1) is 13.0. The number of nitrogens with zero attached hydrogens (tertiary/aromatic N) is 1. The van der Waals surface area contributed by atoms with Gasteiger partial charge in [-0.3, -0.25) is 9.59 Å². The van der Waals surface area contributed by atoms with Crippen molar-refractivity contribution in [3.05, 3.63) is 0 Å². The zero-order chi connectivity index (χ0) is 12.0. The van der Waals surface area contributed by atoms with Gasteiger partial charge in [-0.15, -0.1) is 0 Å². The van der Waals surface area contributed by atoms with E-state index in [0.717, 1.165) is 19.4 Å². The van der Waals surface area contributed by atoms with E-state index in [-0.39, 0.29) is 24.4 Å². The Labute approximate surface area is 96.6 Å². The summed E-state index contributed by atoms with van der Waals surface area (Å²) in [5, 5.41) is 5.78. The van der Waals surface area contributed by atoms with Crippen LogP contribution in [0.25, 0.3) is 0 Å². The predicted octanol–water partition coefficient (Wildman–Crippen LogP) is -0.277. The van der Waals surface area contributed by atoms with Crippen LogP contribution in [0.1, 0.15) is 26.7 Å². The van der Waals surface area contributed by atoms with E-state index in [1.807, 2.05) is 13.8 Å². The summed E-state index contributed by atoms with van der Waals surface area (Å²) in [4.78, 5) is 24.9. The second-order valence-electron chi connectivity index (χ2n) is 3.93. The number of carbonyl (C=O) groups excluding carboxylic acids is 2. The van der Waals surface area contributed by atoms with Crippen LogP contribution < -0.4 is 10.6 Å². The molecule has 0 unspecified atom stereocenters. The van der Waals surface area contributed by atoms with Gasteiger partial charge in [0.05, 0.1) is 12.6 Å². The van der Waals surface area contributed by atoms with E-state index in [4.69, 9.17) is 0 Å². The summed E-state index contributed by atoms with van der Waals surface area (Å²) in [6.07, 6.45) is 1.90. The molecule has 0 saturated carbocycles. The van der Waals surface area contributed by atoms with Crippen molar-refractivity contribution in [1.82, 2.24) is 15.5 Å². The Morgan fingerprint density at radius 2 is 2.06 bits per heavy atom. The average Bonchev–Trinajstić information content (AvgIpc) is 2.81. The highest BCUT2D eigenvalue weighted by atomic mass is 16.2. The van der Waals surface area contributed by atoms with Crippen molar-refractivity contribution in [2.75, 3.05) is 26.2 Å². The van der Waals surface area contributed by atoms with Crippen molar-refractivity contribution in [1.29, 1.82) is 0 Å². The summed E-state index contributed by atoms with van der Waals surface area (Å²) in [6.45, 7) is 6.24. The smallest absolute Gasteiger partial charge is 0.241 e. The van der Waals surface area contributed by atoms with Crippen LogP contribution in [0.2, 0.25) is 0 Å². The van der Waals surface area contributed by atoms with Gasteiger partial charge < -0.3 is 15.5 Å². The molecule has 0 aliphatic carbocycles. The maximum absolute atomic E-state index is 11.6. The van der Waals surface area contributed by atoms with Crippen LogP contribution >= 0.6 is 0 Å². The van der Waals surface area contributed by atoms with Gasteiger partial charge >= 0.3 is 0 Å². The molecule has 0 aromatic rings. The average molecular weight is 227 g/mol. The molecule has 1 atom stereocenters. The van der Waals surface area contributed by atoms with E-state index >= 15 is 0 Å². The van der Waals surface area contributed by atoms with E-state index in [0.29, 0.717) is 13.1 Å². The van der Waals surface area contributed by atoms with E-state index in [1.54, 1.807) is 4.90 Å². The van der Waals surface area contributed by atoms with Crippen molar-refractivity contribution in [3.8, 4) is 0 Å². The highest BCUT2D eigenvalue weighted by Crippen LogP contribution is 2.04. The third-order valence-corrected chi connectivity index (χ3v) is 2.91. The third kappa shape index (κ3) is 3.48. The van der Waals surface area contributed by atoms with Gasteiger partial charge in [0.25, 0.3) is 0 Å². The molecular formula is C11H21N3O2. The summed E-state index contributed by atoms with van der Waals surface area (Å²) in [5.41, 5.74) is 0. The van der Waals surface area contributed by atoms with Crippen molar-refractivity contribution >= 4 is 11.8 Å². The largest absolute Gasteiger partial charge is 0.346 e. The molecule has 5 heteroatoms. The van der Waals surface area contributed by atoms with Crippen molar-refractivity contribution in [2.45, 2.75) is 32.7 Å². The van der Waals surface area contributed by atoms with Crippen LogP contribution in [0.15, 0.2) is 0 Å². The fourth-order valence-electron chi connectivity index (χ4n) is 1.88. The summed E-state index contributed by atoms with van der Waals surface area (Å²) < 4.78 is 0. The number of carbonyl (C=O) groups is 2. The van der Waals surface area contributed by atoms with Crippen LogP contribution in [0, 0.1) is 0 Å². The van der Waals surface area contributed by atoms with E-state index in [2.05, 4.69) is 10.6 Å². The van der Waals surface area contributed by atoms with Crippen molar-refractivity contribution in [2.24, 2.45) is 0 Å². The maximum Gasteiger partial charge on any atom is 0.241 e. The molecule has 2 amide bonds. The normalized spacial score (nSPS) is 19.5. The van der Waals surface area contributed by atoms with Gasteiger partial charge in [-0.25, -0.2) is 0 Å². The molecule has 0 bridgehead atoms. The van der Waals surface area contributed by atoms with E-state index in [1.165, 1.54) is 0 Å². The standard InChI is InChI=1S/C11H21N3O2/c1-3-14(4-2)10(15)8-13-11(16)9-6-5-7-12-9/h9,12H,3-8H2,1-2H3,(H,13,16)/t9-/m0/s1. The number of rotatable bonds is 5. The molecule has 1 aliphatic rings. The molecule has 1 aliphatic heterocycles. The zero-order valence-electron chi connectivity index (χ0n) is 10.1. The summed E-state index contributed by atoms with van der Waals surface area (Å²) in [6, 6.07) is -0.107. The Morgan fingerprint density at radius 3 is 2.56 bits per heavy atom. The lowest BCUT2D eigenvalue weighted by molar-refractivity contribution is -0.133. The molecule has 0 radical (unpaired) electrons.